The SMILES string of the molecule is CCS(=O)(=O)CC(=O)N(C)C. The van der Waals surface area contributed by atoms with Gasteiger partial charge in [-0.3, -0.25) is 4.79 Å². The van der Waals surface area contributed by atoms with Gasteiger partial charge in [-0.15, -0.1) is 0 Å². The molecule has 0 radical (unpaired) electrons. The van der Waals surface area contributed by atoms with Gasteiger partial charge in [0.25, 0.3) is 0 Å². The predicted molar refractivity (Wildman–Crippen MR) is 43.0 cm³/mol. The molecule has 0 atom stereocenters. The Balaban J connectivity index is 4.17. The van der Waals surface area contributed by atoms with Crippen molar-refractivity contribution in [3.8, 4) is 0 Å². The molecule has 0 unspecified atom stereocenters. The van der Waals surface area contributed by atoms with Crippen molar-refractivity contribution in [1.82, 2.24) is 4.90 Å². The maximum atomic E-state index is 10.9. The van der Waals surface area contributed by atoms with Crippen molar-refractivity contribution >= 4 is 15.7 Å². The van der Waals surface area contributed by atoms with E-state index in [1.165, 1.54) is 25.9 Å². The average molecular weight is 179 g/mol. The van der Waals surface area contributed by atoms with Crippen LogP contribution in [0.1, 0.15) is 6.92 Å². The fourth-order valence-electron chi connectivity index (χ4n) is 0.419. The van der Waals surface area contributed by atoms with E-state index in [1.807, 2.05) is 0 Å². The molecule has 0 saturated heterocycles. The van der Waals surface area contributed by atoms with Crippen LogP contribution in [0.3, 0.4) is 0 Å². The lowest BCUT2D eigenvalue weighted by molar-refractivity contribution is -0.125. The number of hydrogen-bond acceptors (Lipinski definition) is 3. The van der Waals surface area contributed by atoms with Gasteiger partial charge >= 0.3 is 0 Å². The highest BCUT2D eigenvalue weighted by atomic mass is 32.2. The molecule has 0 saturated carbocycles. The zero-order chi connectivity index (χ0) is 9.07. The minimum atomic E-state index is -3.15. The second-order valence-electron chi connectivity index (χ2n) is 2.46. The number of rotatable bonds is 3. The number of hydrogen-bond donors (Lipinski definition) is 0. The van der Waals surface area contributed by atoms with Gasteiger partial charge in [0.05, 0.1) is 0 Å². The lowest BCUT2D eigenvalue weighted by Crippen LogP contribution is -2.29. The van der Waals surface area contributed by atoms with Crippen LogP contribution >= 0.6 is 0 Å². The zero-order valence-electron chi connectivity index (χ0n) is 6.99. The maximum Gasteiger partial charge on any atom is 0.237 e. The highest BCUT2D eigenvalue weighted by molar-refractivity contribution is 7.92. The van der Waals surface area contributed by atoms with Crippen LogP contribution in [0.2, 0.25) is 0 Å². The van der Waals surface area contributed by atoms with Crippen molar-refractivity contribution in [2.24, 2.45) is 0 Å². The average Bonchev–Trinajstić information content (AvgIpc) is 1.87. The summed E-state index contributed by atoms with van der Waals surface area (Å²) >= 11 is 0. The van der Waals surface area contributed by atoms with E-state index in [0.29, 0.717) is 0 Å². The van der Waals surface area contributed by atoms with Gasteiger partial charge < -0.3 is 4.90 Å². The Hall–Kier alpha value is -0.580. The van der Waals surface area contributed by atoms with Gasteiger partial charge in [-0.1, -0.05) is 6.92 Å². The van der Waals surface area contributed by atoms with Gasteiger partial charge in [0, 0.05) is 19.8 Å². The largest absolute Gasteiger partial charge is 0.348 e. The van der Waals surface area contributed by atoms with Crippen molar-refractivity contribution in [1.29, 1.82) is 0 Å². The zero-order valence-corrected chi connectivity index (χ0v) is 7.81. The van der Waals surface area contributed by atoms with Gasteiger partial charge in [0.1, 0.15) is 5.75 Å². The van der Waals surface area contributed by atoms with Crippen LogP contribution < -0.4 is 0 Å². The van der Waals surface area contributed by atoms with Gasteiger partial charge in [-0.05, 0) is 0 Å². The molecule has 0 aromatic carbocycles. The molecular weight excluding hydrogens is 166 g/mol. The molecule has 0 heterocycles. The Labute approximate surface area is 67.1 Å². The molecule has 4 nitrogen and oxygen atoms in total. The fourth-order valence-corrected chi connectivity index (χ4v) is 1.26. The van der Waals surface area contributed by atoms with E-state index in [1.54, 1.807) is 0 Å². The first-order chi connectivity index (χ1) is 4.89. The summed E-state index contributed by atoms with van der Waals surface area (Å²) in [6, 6.07) is 0. The molecule has 0 aliphatic carbocycles. The van der Waals surface area contributed by atoms with Crippen LogP contribution in [0.5, 0.6) is 0 Å². The van der Waals surface area contributed by atoms with E-state index < -0.39 is 9.84 Å². The molecular formula is C6H13NO3S. The first-order valence-corrected chi connectivity index (χ1v) is 5.11. The van der Waals surface area contributed by atoms with Crippen molar-refractivity contribution in [3.05, 3.63) is 0 Å². The number of nitrogens with zero attached hydrogens (tertiary/aromatic N) is 1. The molecule has 0 aromatic rings. The highest BCUT2D eigenvalue weighted by Gasteiger charge is 2.14. The summed E-state index contributed by atoms with van der Waals surface area (Å²) in [6.07, 6.45) is 0. The maximum absolute atomic E-state index is 10.9. The summed E-state index contributed by atoms with van der Waals surface area (Å²) in [6.45, 7) is 1.53. The summed E-state index contributed by atoms with van der Waals surface area (Å²) in [4.78, 5) is 12.1. The molecule has 11 heavy (non-hydrogen) atoms. The Bertz CT molecular complexity index is 230. The van der Waals surface area contributed by atoms with Gasteiger partial charge in [0.15, 0.2) is 9.84 Å². The predicted octanol–water partition coefficient (Wildman–Crippen LogP) is -0.491. The third kappa shape index (κ3) is 3.98. The highest BCUT2D eigenvalue weighted by Crippen LogP contribution is 1.91. The van der Waals surface area contributed by atoms with E-state index in [4.69, 9.17) is 0 Å². The molecule has 0 fully saturated rings. The number of carbonyl (C=O) groups excluding carboxylic acids is 1. The fraction of sp³-hybridized carbons (Fsp3) is 0.833. The van der Waals surface area contributed by atoms with E-state index in [0.717, 1.165) is 0 Å². The molecule has 0 N–H and O–H groups in total. The Kier molecular flexibility index (Phi) is 3.51. The number of amides is 1. The van der Waals surface area contributed by atoms with Gasteiger partial charge in [-0.25, -0.2) is 8.42 Å². The van der Waals surface area contributed by atoms with Crippen LogP contribution in [0.4, 0.5) is 0 Å². The number of carbonyl (C=O) groups is 1. The van der Waals surface area contributed by atoms with E-state index in [-0.39, 0.29) is 17.4 Å². The lowest BCUT2D eigenvalue weighted by atomic mass is 10.6. The molecule has 66 valence electrons. The van der Waals surface area contributed by atoms with Crippen LogP contribution in [0.25, 0.3) is 0 Å². The molecule has 0 aliphatic rings. The first kappa shape index (κ1) is 10.4. The summed E-state index contributed by atoms with van der Waals surface area (Å²) < 4.78 is 21.7. The van der Waals surface area contributed by atoms with Crippen LogP contribution in [-0.4, -0.2) is 44.8 Å². The summed E-state index contributed by atoms with van der Waals surface area (Å²) in [7, 11) is -0.0845. The van der Waals surface area contributed by atoms with Crippen molar-refractivity contribution in [2.75, 3.05) is 25.6 Å². The Morgan fingerprint density at radius 2 is 1.82 bits per heavy atom. The molecule has 0 bridgehead atoms. The van der Waals surface area contributed by atoms with Crippen LogP contribution in [0, 0.1) is 0 Å². The van der Waals surface area contributed by atoms with Gasteiger partial charge in [-0.2, -0.15) is 0 Å². The number of sulfone groups is 1. The second-order valence-corrected chi connectivity index (χ2v) is 4.82. The molecule has 0 aliphatic heterocycles. The van der Waals surface area contributed by atoms with Crippen molar-refractivity contribution < 1.29 is 13.2 Å². The van der Waals surface area contributed by atoms with Crippen molar-refractivity contribution in [3.63, 3.8) is 0 Å². The van der Waals surface area contributed by atoms with Crippen LogP contribution in [-0.2, 0) is 14.6 Å². The lowest BCUT2D eigenvalue weighted by Gasteiger charge is -2.08. The molecule has 1 amide bonds. The molecule has 0 rings (SSSR count). The quantitative estimate of drug-likeness (QED) is 0.587. The van der Waals surface area contributed by atoms with Crippen molar-refractivity contribution in [2.45, 2.75) is 6.92 Å². The third-order valence-electron chi connectivity index (χ3n) is 1.28. The van der Waals surface area contributed by atoms with E-state index >= 15 is 0 Å². The first-order valence-electron chi connectivity index (χ1n) is 3.29. The molecule has 5 heteroatoms. The summed E-state index contributed by atoms with van der Waals surface area (Å²) in [5.74, 6) is -0.727. The normalized spacial score (nSPS) is 11.2. The monoisotopic (exact) mass is 179 g/mol. The topological polar surface area (TPSA) is 54.5 Å². The Morgan fingerprint density at radius 3 is 2.09 bits per heavy atom. The second kappa shape index (κ2) is 3.71. The smallest absolute Gasteiger partial charge is 0.237 e. The third-order valence-corrected chi connectivity index (χ3v) is 2.85. The minimum Gasteiger partial charge on any atom is -0.348 e. The summed E-state index contributed by atoms with van der Waals surface area (Å²) in [5.41, 5.74) is 0. The molecule has 0 aromatic heterocycles. The van der Waals surface area contributed by atoms with E-state index in [2.05, 4.69) is 0 Å². The standard InChI is InChI=1S/C6H13NO3S/c1-4-11(9,10)5-6(8)7(2)3/h4-5H2,1-3H3. The minimum absolute atomic E-state index is 0.0204. The summed E-state index contributed by atoms with van der Waals surface area (Å²) in [5, 5.41) is 0. The van der Waals surface area contributed by atoms with E-state index in [9.17, 15) is 13.2 Å². The molecule has 0 spiro atoms. The van der Waals surface area contributed by atoms with Gasteiger partial charge in [0.2, 0.25) is 5.91 Å². The Morgan fingerprint density at radius 1 is 1.36 bits per heavy atom. The van der Waals surface area contributed by atoms with Crippen LogP contribution in [0.15, 0.2) is 0 Å².